The predicted octanol–water partition coefficient (Wildman–Crippen LogP) is 3.01. The Labute approximate surface area is 112 Å². The summed E-state index contributed by atoms with van der Waals surface area (Å²) in [5.41, 5.74) is 5.57. The summed E-state index contributed by atoms with van der Waals surface area (Å²) in [5, 5.41) is 0. The van der Waals surface area contributed by atoms with E-state index in [0.717, 1.165) is 5.75 Å². The van der Waals surface area contributed by atoms with Crippen LogP contribution in [0.2, 0.25) is 0 Å². The van der Waals surface area contributed by atoms with Crippen LogP contribution in [0.3, 0.4) is 0 Å². The van der Waals surface area contributed by atoms with Crippen molar-refractivity contribution in [1.29, 1.82) is 0 Å². The lowest BCUT2D eigenvalue weighted by Crippen LogP contribution is -2.28. The normalized spacial score (nSPS) is 28.3. The van der Waals surface area contributed by atoms with E-state index in [1.54, 1.807) is 0 Å². The second-order valence-corrected chi connectivity index (χ2v) is 5.06. The first-order valence-corrected chi connectivity index (χ1v) is 6.61. The lowest BCUT2D eigenvalue weighted by molar-refractivity contribution is 0.0148. The predicted molar refractivity (Wildman–Crippen MR) is 71.6 cm³/mol. The van der Waals surface area contributed by atoms with Crippen molar-refractivity contribution in [1.82, 2.24) is 5.48 Å². The van der Waals surface area contributed by atoms with E-state index in [-0.39, 0.29) is 12.1 Å². The summed E-state index contributed by atoms with van der Waals surface area (Å²) < 4.78 is 5.87. The Hall–Kier alpha value is -1.84. The maximum absolute atomic E-state index is 5.87. The molecule has 96 valence electrons. The Balaban J connectivity index is 1.69. The topological polar surface area (TPSA) is 30.5 Å². The number of hydrogen-bond donors (Lipinski definition) is 1. The monoisotopic (exact) mass is 253 g/mol. The van der Waals surface area contributed by atoms with Crippen molar-refractivity contribution >= 4 is 0 Å². The Bertz CT molecular complexity index is 584. The maximum Gasteiger partial charge on any atom is 0.124 e. The number of hydrogen-bond acceptors (Lipinski definition) is 3. The average Bonchev–Trinajstić information content (AvgIpc) is 2.92. The summed E-state index contributed by atoms with van der Waals surface area (Å²) in [7, 11) is 0. The van der Waals surface area contributed by atoms with Gasteiger partial charge in [-0.3, -0.25) is 4.84 Å². The van der Waals surface area contributed by atoms with Crippen LogP contribution in [-0.2, 0) is 4.84 Å². The highest BCUT2D eigenvalue weighted by atomic mass is 16.7. The molecule has 2 aliphatic rings. The van der Waals surface area contributed by atoms with Crippen LogP contribution in [0.4, 0.5) is 0 Å². The fraction of sp³-hybridized carbons (Fsp3) is 0.250. The minimum Gasteiger partial charge on any atom is -0.493 e. The van der Waals surface area contributed by atoms with Crippen molar-refractivity contribution in [2.75, 3.05) is 6.61 Å². The number of fused-ring (bicyclic) bond motifs is 3. The smallest absolute Gasteiger partial charge is 0.124 e. The van der Waals surface area contributed by atoms with Crippen molar-refractivity contribution in [2.45, 2.75) is 12.1 Å². The van der Waals surface area contributed by atoms with E-state index in [0.29, 0.717) is 12.5 Å². The van der Waals surface area contributed by atoms with Gasteiger partial charge in [0.15, 0.2) is 0 Å². The van der Waals surface area contributed by atoms with Gasteiger partial charge >= 0.3 is 0 Å². The third-order valence-electron chi connectivity index (χ3n) is 3.95. The lowest BCUT2D eigenvalue weighted by atomic mass is 9.85. The third-order valence-corrected chi connectivity index (χ3v) is 3.95. The van der Waals surface area contributed by atoms with Crippen LogP contribution in [0, 0.1) is 5.92 Å². The molecule has 0 radical (unpaired) electrons. The molecule has 2 aliphatic heterocycles. The highest BCUT2D eigenvalue weighted by Crippen LogP contribution is 2.46. The first kappa shape index (κ1) is 11.0. The molecule has 0 amide bonds. The van der Waals surface area contributed by atoms with Gasteiger partial charge in [0, 0.05) is 11.5 Å². The number of hydroxylamine groups is 1. The van der Waals surface area contributed by atoms with E-state index >= 15 is 0 Å². The molecule has 2 heterocycles. The molecule has 2 aromatic rings. The summed E-state index contributed by atoms with van der Waals surface area (Å²) in [6.07, 6.45) is 0.0551. The zero-order valence-electron chi connectivity index (χ0n) is 10.5. The number of ether oxygens (including phenoxy) is 1. The van der Waals surface area contributed by atoms with E-state index < -0.39 is 0 Å². The molecule has 3 heteroatoms. The Morgan fingerprint density at radius 1 is 0.947 bits per heavy atom. The second-order valence-electron chi connectivity index (χ2n) is 5.06. The quantitative estimate of drug-likeness (QED) is 0.847. The van der Waals surface area contributed by atoms with Crippen LogP contribution in [0.5, 0.6) is 5.75 Å². The molecule has 0 aromatic heterocycles. The zero-order valence-corrected chi connectivity index (χ0v) is 10.5. The Kier molecular flexibility index (Phi) is 2.53. The fourth-order valence-electron chi connectivity index (χ4n) is 2.99. The molecule has 0 aliphatic carbocycles. The van der Waals surface area contributed by atoms with Crippen molar-refractivity contribution in [3.8, 4) is 5.75 Å². The number of nitrogens with one attached hydrogen (secondary N) is 1. The molecule has 1 saturated heterocycles. The minimum atomic E-state index is 0.0551. The molecular weight excluding hydrogens is 238 g/mol. The SMILES string of the molecule is c1ccc([C@@H]2ON[C@H]3c4ccccc4OC[C@H]32)cc1. The van der Waals surface area contributed by atoms with E-state index in [9.17, 15) is 0 Å². The molecule has 3 atom stereocenters. The average molecular weight is 253 g/mol. The van der Waals surface area contributed by atoms with E-state index in [1.807, 2.05) is 36.4 Å². The van der Waals surface area contributed by atoms with Gasteiger partial charge in [-0.05, 0) is 11.6 Å². The highest BCUT2D eigenvalue weighted by Gasteiger charge is 2.43. The van der Waals surface area contributed by atoms with Gasteiger partial charge in [0.05, 0.1) is 12.6 Å². The summed E-state index contributed by atoms with van der Waals surface area (Å²) in [6, 6.07) is 18.7. The van der Waals surface area contributed by atoms with Gasteiger partial charge in [-0.2, -0.15) is 5.48 Å². The molecule has 0 spiro atoms. The van der Waals surface area contributed by atoms with Crippen molar-refractivity contribution in [3.63, 3.8) is 0 Å². The van der Waals surface area contributed by atoms with Gasteiger partial charge in [-0.15, -0.1) is 0 Å². The van der Waals surface area contributed by atoms with Gasteiger partial charge in [0.2, 0.25) is 0 Å². The molecule has 19 heavy (non-hydrogen) atoms. The van der Waals surface area contributed by atoms with Crippen molar-refractivity contribution in [2.24, 2.45) is 5.92 Å². The van der Waals surface area contributed by atoms with Gasteiger partial charge in [-0.1, -0.05) is 48.5 Å². The van der Waals surface area contributed by atoms with E-state index in [4.69, 9.17) is 9.57 Å². The lowest BCUT2D eigenvalue weighted by Gasteiger charge is -2.28. The van der Waals surface area contributed by atoms with Crippen LogP contribution >= 0.6 is 0 Å². The van der Waals surface area contributed by atoms with Gasteiger partial charge < -0.3 is 4.74 Å². The molecule has 1 N–H and O–H groups in total. The standard InChI is InChI=1S/C16H15NO2/c1-2-6-11(7-3-1)16-13-10-18-14-9-5-4-8-12(14)15(13)17-19-16/h1-9,13,15-17H,10H2/t13-,15+,16+/m1/s1. The van der Waals surface area contributed by atoms with Crippen LogP contribution in [0.15, 0.2) is 54.6 Å². The summed E-state index contributed by atoms with van der Waals surface area (Å²) in [6.45, 7) is 0.689. The molecule has 3 nitrogen and oxygen atoms in total. The Morgan fingerprint density at radius 2 is 1.74 bits per heavy atom. The molecular formula is C16H15NO2. The first-order valence-electron chi connectivity index (χ1n) is 6.61. The van der Waals surface area contributed by atoms with Gasteiger partial charge in [-0.25, -0.2) is 0 Å². The number of rotatable bonds is 1. The van der Waals surface area contributed by atoms with E-state index in [1.165, 1.54) is 11.1 Å². The molecule has 0 bridgehead atoms. The third kappa shape index (κ3) is 1.74. The highest BCUT2D eigenvalue weighted by molar-refractivity contribution is 5.39. The Morgan fingerprint density at radius 3 is 2.63 bits per heavy atom. The molecule has 4 rings (SSSR count). The van der Waals surface area contributed by atoms with Gasteiger partial charge in [0.1, 0.15) is 11.9 Å². The van der Waals surface area contributed by atoms with Crippen LogP contribution < -0.4 is 10.2 Å². The van der Waals surface area contributed by atoms with E-state index in [2.05, 4.69) is 23.7 Å². The summed E-state index contributed by atoms with van der Waals surface area (Å²) in [4.78, 5) is 5.81. The second kappa shape index (κ2) is 4.37. The van der Waals surface area contributed by atoms with Crippen LogP contribution in [0.25, 0.3) is 0 Å². The van der Waals surface area contributed by atoms with Gasteiger partial charge in [0.25, 0.3) is 0 Å². The number of para-hydroxylation sites is 1. The summed E-state index contributed by atoms with van der Waals surface area (Å²) >= 11 is 0. The van der Waals surface area contributed by atoms with Crippen molar-refractivity contribution in [3.05, 3.63) is 65.7 Å². The maximum atomic E-state index is 5.87. The fourth-order valence-corrected chi connectivity index (χ4v) is 2.99. The molecule has 0 unspecified atom stereocenters. The largest absolute Gasteiger partial charge is 0.493 e. The van der Waals surface area contributed by atoms with Crippen LogP contribution in [0.1, 0.15) is 23.3 Å². The first-order chi connectivity index (χ1) is 9.43. The molecule has 0 saturated carbocycles. The molecule has 2 aromatic carbocycles. The minimum absolute atomic E-state index is 0.0551. The van der Waals surface area contributed by atoms with Crippen LogP contribution in [-0.4, -0.2) is 6.61 Å². The van der Waals surface area contributed by atoms with Crippen molar-refractivity contribution < 1.29 is 9.57 Å². The summed E-state index contributed by atoms with van der Waals surface area (Å²) in [5.74, 6) is 1.28. The zero-order chi connectivity index (χ0) is 12.7. The molecule has 1 fully saturated rings. The number of benzene rings is 2.